The van der Waals surface area contributed by atoms with E-state index in [9.17, 15) is 11.1 Å². The zero-order valence-electron chi connectivity index (χ0n) is 82.7. The topological polar surface area (TPSA) is 93.5 Å². The van der Waals surface area contributed by atoms with E-state index in [0.29, 0.717) is 0 Å². The van der Waals surface area contributed by atoms with Gasteiger partial charge in [0.15, 0.2) is 0 Å². The van der Waals surface area contributed by atoms with Gasteiger partial charge in [-0.25, -0.2) is 9.39 Å². The van der Waals surface area contributed by atoms with Crippen LogP contribution in [0.1, 0.15) is 413 Å². The van der Waals surface area contributed by atoms with Gasteiger partial charge in [-0.05, 0) is 201 Å². The first kappa shape index (κ1) is 112. The molecule has 0 aliphatic carbocycles. The number of aryl methyl sites for hydroxylation is 6. The summed E-state index contributed by atoms with van der Waals surface area (Å²) in [5.41, 5.74) is 55.6. The van der Waals surface area contributed by atoms with Crippen LogP contribution in [0.15, 0.2) is 181 Å². The number of allylic oxidation sites excluding steroid dienone is 6. The number of hydrogen-bond acceptors (Lipinski definition) is 2. The molecule has 0 spiro atoms. The average molecular weight is 1860 g/mol. The van der Waals surface area contributed by atoms with Crippen molar-refractivity contribution in [3.05, 3.63) is 264 Å². The number of unbranched alkanes of at least 4 members (excludes halogenated alkanes) is 29. The van der Waals surface area contributed by atoms with Crippen LogP contribution in [-0.4, -0.2) is 55.2 Å². The van der Waals surface area contributed by atoms with E-state index in [0.717, 1.165) is 198 Å². The fraction of sp³-hybridized carbons (Fsp3) is 0.556. The third-order valence-corrected chi connectivity index (χ3v) is 25.1. The third kappa shape index (κ3) is 45.8. The van der Waals surface area contributed by atoms with Gasteiger partial charge in [0, 0.05) is 71.2 Å². The van der Waals surface area contributed by atoms with Crippen molar-refractivity contribution in [2.75, 3.05) is 27.2 Å². The van der Waals surface area contributed by atoms with Crippen molar-refractivity contribution >= 4 is 34.2 Å². The van der Waals surface area contributed by atoms with Crippen molar-refractivity contribution in [3.8, 4) is 23.7 Å². The average Bonchev–Trinajstić information content (AvgIpc) is 1.64. The van der Waals surface area contributed by atoms with Gasteiger partial charge in [0.05, 0.1) is 6.08 Å². The summed E-state index contributed by atoms with van der Waals surface area (Å²) in [6.07, 6.45) is 64.1. The Morgan fingerprint density at radius 2 is 0.709 bits per heavy atom. The zero-order valence-corrected chi connectivity index (χ0v) is 85.2. The minimum atomic E-state index is 0.859. The van der Waals surface area contributed by atoms with Crippen molar-refractivity contribution in [2.45, 2.75) is 395 Å². The monoisotopic (exact) mass is 1850 g/mol. The van der Waals surface area contributed by atoms with E-state index in [4.69, 9.17) is 5.53 Å². The SMILES string of the molecule is CCCCCCCCCCCCC#CCCc1ccccc1C1=C(CCCC)C=C(c2cccc(CCCCC)c2)[N+]1=[N-].CCCCCCCCCCCCC#CCCc1ccccc1C1=C(CCCC)C=C(c2cccc(CCCCC)c2)[N+]1=[N-].CCCCCc1cccc(C(=C(C=C=[N+]=[N-])CCCC)c2cccc(CC)c2)c1.CC[N](C)[Ni][N](C)CC.[CH3][Pd][CH3]. The quantitative estimate of drug-likeness (QED) is 0.00556. The van der Waals surface area contributed by atoms with Crippen LogP contribution in [0.5, 0.6) is 0 Å². The van der Waals surface area contributed by atoms with Crippen molar-refractivity contribution in [1.29, 1.82) is 0 Å². The number of rotatable bonds is 57. The number of nitrogens with zero attached hydrogens (tertiary/aromatic N) is 8. The molecule has 0 amide bonds. The molecule has 0 N–H and O–H groups in total. The summed E-state index contributed by atoms with van der Waals surface area (Å²) in [4.78, 5) is 3.11. The molecule has 8 nitrogen and oxygen atoms in total. The molecule has 0 atom stereocenters. The summed E-state index contributed by atoms with van der Waals surface area (Å²) in [6, 6.07) is 52.4. The van der Waals surface area contributed by atoms with Crippen LogP contribution in [0, 0.1) is 23.7 Å². The Morgan fingerprint density at radius 1 is 0.370 bits per heavy atom. The van der Waals surface area contributed by atoms with Crippen molar-refractivity contribution in [3.63, 3.8) is 0 Å². The molecule has 2 heterocycles. The Morgan fingerprint density at radius 3 is 1.09 bits per heavy atom. The third-order valence-electron chi connectivity index (χ3n) is 23.8. The molecule has 0 saturated carbocycles. The molecule has 0 aromatic heterocycles. The minimum absolute atomic E-state index is 0.859. The van der Waals surface area contributed by atoms with Crippen LogP contribution in [0.4, 0.5) is 0 Å². The van der Waals surface area contributed by atoms with E-state index < -0.39 is 0 Å². The molecule has 0 radical (unpaired) electrons. The van der Waals surface area contributed by atoms with E-state index in [2.05, 4.69) is 301 Å². The molecule has 0 saturated heterocycles. The van der Waals surface area contributed by atoms with Gasteiger partial charge in [0.2, 0.25) is 22.8 Å². The molecular formula is C117H172N8NiPd. The van der Waals surface area contributed by atoms with Crippen LogP contribution < -0.4 is 0 Å². The van der Waals surface area contributed by atoms with Gasteiger partial charge in [-0.3, -0.25) is 0 Å². The molecule has 0 unspecified atom stereocenters. The van der Waals surface area contributed by atoms with Crippen LogP contribution in [0.25, 0.3) is 45.0 Å². The summed E-state index contributed by atoms with van der Waals surface area (Å²) in [6.45, 7) is 26.7. The van der Waals surface area contributed by atoms with Crippen LogP contribution in [0.3, 0.4) is 0 Å². The number of benzene rings is 6. The van der Waals surface area contributed by atoms with Crippen LogP contribution in [0.2, 0.25) is 10.8 Å². The molecular weight excluding hydrogens is 1680 g/mol. The van der Waals surface area contributed by atoms with Gasteiger partial charge in [0.1, 0.15) is 0 Å². The van der Waals surface area contributed by atoms with Gasteiger partial charge in [-0.2, -0.15) is 0 Å². The Labute approximate surface area is 793 Å². The molecule has 2 aliphatic rings. The summed E-state index contributed by atoms with van der Waals surface area (Å²) in [7, 11) is 4.21. The molecule has 6 aromatic carbocycles. The first-order valence-electron chi connectivity index (χ1n) is 50.5. The second-order valence-corrected chi connectivity index (χ2v) is 37.8. The summed E-state index contributed by atoms with van der Waals surface area (Å²) in [5, 5.41) is 4.35. The van der Waals surface area contributed by atoms with Gasteiger partial charge in [-0.1, -0.05) is 345 Å². The van der Waals surface area contributed by atoms with Gasteiger partial charge >= 0.3 is 92.6 Å². The fourth-order valence-electron chi connectivity index (χ4n) is 16.2. The Balaban J connectivity index is 0.000000380. The van der Waals surface area contributed by atoms with Crippen LogP contribution in [-0.2, 0) is 71.4 Å². The maximum absolute atomic E-state index is 11.6. The van der Waals surface area contributed by atoms with E-state index in [1.54, 1.807) is 14.9 Å². The summed E-state index contributed by atoms with van der Waals surface area (Å²) in [5.74, 6) is 16.4. The van der Waals surface area contributed by atoms with Crippen molar-refractivity contribution in [2.24, 2.45) is 0 Å². The first-order chi connectivity index (χ1) is 62.2. The Bertz CT molecular complexity index is 4230. The number of hydrogen-bond donors (Lipinski definition) is 0. The van der Waals surface area contributed by atoms with Crippen molar-refractivity contribution < 1.29 is 47.0 Å². The van der Waals surface area contributed by atoms with Crippen LogP contribution >= 0.6 is 0 Å². The molecule has 8 rings (SSSR count). The van der Waals surface area contributed by atoms with E-state index in [1.807, 2.05) is 6.08 Å². The molecule has 2 aliphatic heterocycles. The molecule has 10 heteroatoms. The molecule has 6 aromatic rings. The fourth-order valence-corrected chi connectivity index (χ4v) is 17.0. The second-order valence-electron chi connectivity index (χ2n) is 34.6. The molecule has 0 bridgehead atoms. The Hall–Kier alpha value is -7.42. The standard InChI is InChI=1S/2C41H58N2.C27H34N2.2C3H8N.2CH3.Ni.Pd/c2*1-4-7-10-11-12-13-14-15-16-17-18-19-20-22-29-36-30-23-24-32-39(36)41-38(28-9-6-3)34-40(43(41)42)37-31-25-27-35(33-37)26-21-8-5-2;1-4-7-9-12-23-14-11-17-26(21-23)27(24(15-8-5-2)18-19-29-28)25-16-10-13-22(6-3)20-25;2*1-3-4-2;;;;/h2*23-25,27,30-34H,4-18,21-22,26,28-29H2,1-3H3;10-11,13-14,16-18,20-21H,4-9,12,15H2,1-3H3;2*3H2,1-2H3;2*1H3;;/q;;;2*-1;;;+2;. The summed E-state index contributed by atoms with van der Waals surface area (Å²) < 4.78 is 7.37. The van der Waals surface area contributed by atoms with E-state index in [-0.39, 0.29) is 0 Å². The van der Waals surface area contributed by atoms with E-state index in [1.165, 1.54) is 262 Å². The molecule has 127 heavy (non-hydrogen) atoms. The van der Waals surface area contributed by atoms with Gasteiger partial charge in [0.25, 0.3) is 5.87 Å². The molecule has 700 valence electrons. The summed E-state index contributed by atoms with van der Waals surface area (Å²) >= 11 is 2.54. The first-order valence-corrected chi connectivity index (χ1v) is 54.4. The maximum atomic E-state index is 11.6. The predicted octanol–water partition coefficient (Wildman–Crippen LogP) is 34.7. The van der Waals surface area contributed by atoms with Gasteiger partial charge in [-0.15, -0.1) is 28.5 Å². The zero-order chi connectivity index (χ0) is 92.0. The van der Waals surface area contributed by atoms with E-state index >= 15 is 0 Å². The van der Waals surface area contributed by atoms with Crippen molar-refractivity contribution in [1.82, 2.24) is 7.96 Å². The second kappa shape index (κ2) is 73.3. The molecule has 0 fully saturated rings. The normalized spacial score (nSPS) is 12.4. The Kier molecular flexibility index (Phi) is 64.6. The van der Waals surface area contributed by atoms with Gasteiger partial charge < -0.3 is 16.6 Å². The predicted molar refractivity (Wildman–Crippen MR) is 546 cm³/mol.